The van der Waals surface area contributed by atoms with Crippen LogP contribution < -0.4 is 11.1 Å². The van der Waals surface area contributed by atoms with E-state index in [1.807, 2.05) is 36.6 Å². The van der Waals surface area contributed by atoms with Gasteiger partial charge in [-0.05, 0) is 29.5 Å². The van der Waals surface area contributed by atoms with Crippen molar-refractivity contribution in [3.63, 3.8) is 0 Å². The van der Waals surface area contributed by atoms with E-state index in [1.54, 1.807) is 0 Å². The number of thiazole rings is 1. The molecule has 2 aromatic rings. The summed E-state index contributed by atoms with van der Waals surface area (Å²) in [4.78, 5) is 16.5. The second-order valence-corrected chi connectivity index (χ2v) is 6.41. The third-order valence-corrected chi connectivity index (χ3v) is 4.13. The van der Waals surface area contributed by atoms with Crippen molar-refractivity contribution in [2.75, 3.05) is 11.1 Å². The highest BCUT2D eigenvalue weighted by Gasteiger charge is 2.13. The Morgan fingerprint density at radius 1 is 1.29 bits per heavy atom. The Morgan fingerprint density at radius 2 is 1.95 bits per heavy atom. The van der Waals surface area contributed by atoms with Gasteiger partial charge >= 0.3 is 0 Å². The molecule has 5 heteroatoms. The molecule has 1 aromatic heterocycles. The predicted molar refractivity (Wildman–Crippen MR) is 88.7 cm³/mol. The molecule has 0 aliphatic carbocycles. The van der Waals surface area contributed by atoms with Gasteiger partial charge in [0.15, 0.2) is 5.13 Å². The van der Waals surface area contributed by atoms with E-state index in [0.29, 0.717) is 17.5 Å². The zero-order chi connectivity index (χ0) is 15.4. The SMILES string of the molecule is CC(C)c1csc(NC(=O)CC(C)c2ccc(N)cc2)n1. The lowest BCUT2D eigenvalue weighted by Gasteiger charge is -2.11. The van der Waals surface area contributed by atoms with E-state index in [4.69, 9.17) is 5.73 Å². The van der Waals surface area contributed by atoms with Gasteiger partial charge in [0, 0.05) is 17.5 Å². The van der Waals surface area contributed by atoms with Gasteiger partial charge in [0.2, 0.25) is 5.91 Å². The summed E-state index contributed by atoms with van der Waals surface area (Å²) in [5.41, 5.74) is 8.53. The van der Waals surface area contributed by atoms with Crippen LogP contribution in [0.4, 0.5) is 10.8 Å². The Labute approximate surface area is 129 Å². The van der Waals surface area contributed by atoms with Gasteiger partial charge in [-0.1, -0.05) is 32.9 Å². The van der Waals surface area contributed by atoms with Crippen LogP contribution in [0.15, 0.2) is 29.6 Å². The average Bonchev–Trinajstić information content (AvgIpc) is 2.87. The first-order valence-corrected chi connectivity index (χ1v) is 7.94. The van der Waals surface area contributed by atoms with Crippen molar-refractivity contribution in [1.29, 1.82) is 0 Å². The van der Waals surface area contributed by atoms with E-state index < -0.39 is 0 Å². The quantitative estimate of drug-likeness (QED) is 0.821. The summed E-state index contributed by atoms with van der Waals surface area (Å²) in [5, 5.41) is 5.54. The topological polar surface area (TPSA) is 68.0 Å². The van der Waals surface area contributed by atoms with Gasteiger partial charge in [0.05, 0.1) is 5.69 Å². The largest absolute Gasteiger partial charge is 0.399 e. The lowest BCUT2D eigenvalue weighted by molar-refractivity contribution is -0.116. The molecular weight excluding hydrogens is 282 g/mol. The monoisotopic (exact) mass is 303 g/mol. The second kappa shape index (κ2) is 6.72. The molecule has 112 valence electrons. The number of hydrogen-bond acceptors (Lipinski definition) is 4. The van der Waals surface area contributed by atoms with Crippen molar-refractivity contribution < 1.29 is 4.79 Å². The number of carbonyl (C=O) groups is 1. The van der Waals surface area contributed by atoms with Crippen LogP contribution in [0.1, 0.15) is 50.3 Å². The average molecular weight is 303 g/mol. The third kappa shape index (κ3) is 4.29. The number of rotatable bonds is 5. The van der Waals surface area contributed by atoms with Gasteiger partial charge < -0.3 is 11.1 Å². The zero-order valence-corrected chi connectivity index (χ0v) is 13.4. The zero-order valence-electron chi connectivity index (χ0n) is 12.6. The van der Waals surface area contributed by atoms with Crippen LogP contribution in [0.3, 0.4) is 0 Å². The molecule has 0 bridgehead atoms. The molecule has 1 heterocycles. The standard InChI is InChI=1S/C16H21N3OS/c1-10(2)14-9-21-16(18-14)19-15(20)8-11(3)12-4-6-13(17)7-5-12/h4-7,9-11H,8,17H2,1-3H3,(H,18,19,20). The Balaban J connectivity index is 1.93. The summed E-state index contributed by atoms with van der Waals surface area (Å²) in [5.74, 6) is 0.514. The number of carbonyl (C=O) groups excluding carboxylic acids is 1. The number of aromatic nitrogens is 1. The van der Waals surface area contributed by atoms with Gasteiger partial charge in [-0.15, -0.1) is 11.3 Å². The Hall–Kier alpha value is -1.88. The number of hydrogen-bond donors (Lipinski definition) is 2. The summed E-state index contributed by atoms with van der Waals surface area (Å²) in [6.45, 7) is 6.21. The molecule has 4 nitrogen and oxygen atoms in total. The van der Waals surface area contributed by atoms with E-state index >= 15 is 0 Å². The van der Waals surface area contributed by atoms with Gasteiger partial charge in [-0.2, -0.15) is 0 Å². The van der Waals surface area contributed by atoms with Gasteiger partial charge in [0.1, 0.15) is 0 Å². The third-order valence-electron chi connectivity index (χ3n) is 3.36. The molecule has 0 saturated carbocycles. The minimum Gasteiger partial charge on any atom is -0.399 e. The van der Waals surface area contributed by atoms with Crippen LogP contribution >= 0.6 is 11.3 Å². The molecule has 21 heavy (non-hydrogen) atoms. The molecule has 0 aliphatic rings. The molecule has 0 saturated heterocycles. The van der Waals surface area contributed by atoms with E-state index in [-0.39, 0.29) is 11.8 Å². The molecule has 1 atom stereocenters. The maximum atomic E-state index is 12.1. The summed E-state index contributed by atoms with van der Waals surface area (Å²) in [6.07, 6.45) is 0.431. The fraction of sp³-hybridized carbons (Fsp3) is 0.375. The normalized spacial score (nSPS) is 12.4. The predicted octanol–water partition coefficient (Wildman–Crippen LogP) is 3.98. The first-order valence-electron chi connectivity index (χ1n) is 7.06. The van der Waals surface area contributed by atoms with Crippen LogP contribution in [-0.2, 0) is 4.79 Å². The number of nitrogen functional groups attached to an aromatic ring is 1. The van der Waals surface area contributed by atoms with Crippen molar-refractivity contribution in [3.8, 4) is 0 Å². The van der Waals surface area contributed by atoms with E-state index in [9.17, 15) is 4.79 Å². The highest BCUT2D eigenvalue weighted by atomic mass is 32.1. The van der Waals surface area contributed by atoms with E-state index in [2.05, 4.69) is 24.1 Å². The van der Waals surface area contributed by atoms with Crippen LogP contribution in [0.2, 0.25) is 0 Å². The smallest absolute Gasteiger partial charge is 0.226 e. The van der Waals surface area contributed by atoms with Crippen molar-refractivity contribution in [2.45, 2.75) is 39.0 Å². The summed E-state index contributed by atoms with van der Waals surface area (Å²) < 4.78 is 0. The molecule has 3 N–H and O–H groups in total. The van der Waals surface area contributed by atoms with E-state index in [0.717, 1.165) is 16.9 Å². The van der Waals surface area contributed by atoms with Crippen LogP contribution in [0, 0.1) is 0 Å². The summed E-state index contributed by atoms with van der Waals surface area (Å²) >= 11 is 1.47. The first-order chi connectivity index (χ1) is 9.95. The number of nitrogens with two attached hydrogens (primary N) is 1. The minimum absolute atomic E-state index is 0.0102. The number of benzene rings is 1. The van der Waals surface area contributed by atoms with Gasteiger partial charge in [-0.3, -0.25) is 4.79 Å². The maximum absolute atomic E-state index is 12.1. The number of nitrogens with zero attached hydrogens (tertiary/aromatic N) is 1. The fourth-order valence-corrected chi connectivity index (χ4v) is 2.89. The maximum Gasteiger partial charge on any atom is 0.226 e. The number of anilines is 2. The van der Waals surface area contributed by atoms with E-state index in [1.165, 1.54) is 11.3 Å². The van der Waals surface area contributed by atoms with Crippen LogP contribution in [-0.4, -0.2) is 10.9 Å². The van der Waals surface area contributed by atoms with Crippen molar-refractivity contribution in [3.05, 3.63) is 40.9 Å². The lowest BCUT2D eigenvalue weighted by Crippen LogP contribution is -2.14. The Morgan fingerprint density at radius 3 is 2.52 bits per heavy atom. The van der Waals surface area contributed by atoms with Crippen molar-refractivity contribution in [1.82, 2.24) is 4.98 Å². The summed E-state index contributed by atoms with van der Waals surface area (Å²) in [6, 6.07) is 7.65. The summed E-state index contributed by atoms with van der Waals surface area (Å²) in [7, 11) is 0. The van der Waals surface area contributed by atoms with Gasteiger partial charge in [0.25, 0.3) is 0 Å². The molecule has 1 unspecified atom stereocenters. The molecule has 1 amide bonds. The van der Waals surface area contributed by atoms with Gasteiger partial charge in [-0.25, -0.2) is 4.98 Å². The highest BCUT2D eigenvalue weighted by Crippen LogP contribution is 2.24. The minimum atomic E-state index is -0.0102. The molecule has 0 fully saturated rings. The first kappa shape index (κ1) is 15.5. The fourth-order valence-electron chi connectivity index (χ4n) is 2.00. The lowest BCUT2D eigenvalue weighted by atomic mass is 9.97. The molecule has 0 aliphatic heterocycles. The Bertz CT molecular complexity index is 604. The Kier molecular flexibility index (Phi) is 4.96. The molecule has 0 radical (unpaired) electrons. The molecule has 1 aromatic carbocycles. The number of amides is 1. The molecule has 2 rings (SSSR count). The molecule has 0 spiro atoms. The second-order valence-electron chi connectivity index (χ2n) is 5.55. The van der Waals surface area contributed by atoms with Crippen molar-refractivity contribution >= 4 is 28.1 Å². The van der Waals surface area contributed by atoms with Crippen LogP contribution in [0.25, 0.3) is 0 Å². The highest BCUT2D eigenvalue weighted by molar-refractivity contribution is 7.13. The van der Waals surface area contributed by atoms with Crippen molar-refractivity contribution in [2.24, 2.45) is 0 Å². The van der Waals surface area contributed by atoms with Crippen LogP contribution in [0.5, 0.6) is 0 Å². The number of nitrogens with one attached hydrogen (secondary N) is 1. The molecular formula is C16H21N3OS.